The first-order chi connectivity index (χ1) is 7.15. The number of nitrogens with two attached hydrogens (primary N) is 1. The van der Waals surface area contributed by atoms with Crippen LogP contribution in [-0.2, 0) is 0 Å². The van der Waals surface area contributed by atoms with Gasteiger partial charge in [0.1, 0.15) is 5.75 Å². The van der Waals surface area contributed by atoms with Crippen LogP contribution in [0.5, 0.6) is 5.75 Å². The first-order valence-corrected chi connectivity index (χ1v) is 4.79. The number of carbonyl (C=O) groups is 1. The topological polar surface area (TPSA) is 72.5 Å². The molecule has 1 aromatic carbocycles. The third-order valence-corrected chi connectivity index (χ3v) is 1.97. The number of hydrogen-bond donors (Lipinski definition) is 2. The number of aliphatic hydroxyl groups is 1. The number of ether oxygens (including phenoxy) is 1. The molecule has 4 nitrogen and oxygen atoms in total. The lowest BCUT2D eigenvalue weighted by atomic mass is 10.1. The van der Waals surface area contributed by atoms with Gasteiger partial charge in [0.15, 0.2) is 5.78 Å². The molecule has 3 N–H and O–H groups in total. The molecule has 82 valence electrons. The van der Waals surface area contributed by atoms with Gasteiger partial charge in [0.25, 0.3) is 0 Å². The molecule has 0 radical (unpaired) electrons. The van der Waals surface area contributed by atoms with Crippen molar-refractivity contribution < 1.29 is 14.6 Å². The Morgan fingerprint density at radius 1 is 1.53 bits per heavy atom. The third-order valence-electron chi connectivity index (χ3n) is 1.97. The standard InChI is InChI=1S/C11H15NO3/c1-8(14)10-4-3-9(7-11(10)12)15-6-2-5-13/h3-4,7,13H,2,5-6,12H2,1H3. The molecule has 0 fully saturated rings. The highest BCUT2D eigenvalue weighted by Crippen LogP contribution is 2.20. The van der Waals surface area contributed by atoms with Crippen LogP contribution in [0.3, 0.4) is 0 Å². The normalized spacial score (nSPS) is 10.0. The molecule has 0 saturated heterocycles. The van der Waals surface area contributed by atoms with Gasteiger partial charge in [-0.05, 0) is 19.1 Å². The van der Waals surface area contributed by atoms with Crippen LogP contribution in [0, 0.1) is 0 Å². The second-order valence-corrected chi connectivity index (χ2v) is 3.23. The predicted octanol–water partition coefficient (Wildman–Crippen LogP) is 1.23. The molecule has 0 aliphatic rings. The van der Waals surface area contributed by atoms with Crippen molar-refractivity contribution in [2.75, 3.05) is 18.9 Å². The van der Waals surface area contributed by atoms with E-state index in [4.69, 9.17) is 15.6 Å². The lowest BCUT2D eigenvalue weighted by Gasteiger charge is -2.07. The van der Waals surface area contributed by atoms with Crippen LogP contribution >= 0.6 is 0 Å². The molecule has 15 heavy (non-hydrogen) atoms. The highest BCUT2D eigenvalue weighted by Gasteiger charge is 2.05. The monoisotopic (exact) mass is 209 g/mol. The van der Waals surface area contributed by atoms with Crippen molar-refractivity contribution >= 4 is 11.5 Å². The van der Waals surface area contributed by atoms with Gasteiger partial charge in [-0.2, -0.15) is 0 Å². The Morgan fingerprint density at radius 2 is 2.27 bits per heavy atom. The minimum Gasteiger partial charge on any atom is -0.493 e. The Morgan fingerprint density at radius 3 is 2.80 bits per heavy atom. The fourth-order valence-corrected chi connectivity index (χ4v) is 1.21. The lowest BCUT2D eigenvalue weighted by molar-refractivity contribution is 0.101. The summed E-state index contributed by atoms with van der Waals surface area (Å²) in [6, 6.07) is 4.96. The first kappa shape index (κ1) is 11.5. The van der Waals surface area contributed by atoms with E-state index in [2.05, 4.69) is 0 Å². The first-order valence-electron chi connectivity index (χ1n) is 4.79. The highest BCUT2D eigenvalue weighted by molar-refractivity contribution is 5.99. The zero-order chi connectivity index (χ0) is 11.3. The van der Waals surface area contributed by atoms with Crippen molar-refractivity contribution in [3.8, 4) is 5.75 Å². The van der Waals surface area contributed by atoms with Gasteiger partial charge in [0.2, 0.25) is 0 Å². The molecule has 0 amide bonds. The maximum absolute atomic E-state index is 11.1. The zero-order valence-electron chi connectivity index (χ0n) is 8.69. The molecule has 0 aromatic heterocycles. The fourth-order valence-electron chi connectivity index (χ4n) is 1.21. The molecular weight excluding hydrogens is 194 g/mol. The van der Waals surface area contributed by atoms with E-state index in [0.717, 1.165) is 0 Å². The zero-order valence-corrected chi connectivity index (χ0v) is 8.69. The van der Waals surface area contributed by atoms with Gasteiger partial charge in [0.05, 0.1) is 6.61 Å². The van der Waals surface area contributed by atoms with Gasteiger partial charge in [-0.1, -0.05) is 0 Å². The number of rotatable bonds is 5. The number of anilines is 1. The summed E-state index contributed by atoms with van der Waals surface area (Å²) in [7, 11) is 0. The number of aliphatic hydroxyl groups excluding tert-OH is 1. The number of ketones is 1. The average molecular weight is 209 g/mol. The largest absolute Gasteiger partial charge is 0.493 e. The van der Waals surface area contributed by atoms with Crippen molar-refractivity contribution in [1.29, 1.82) is 0 Å². The summed E-state index contributed by atoms with van der Waals surface area (Å²) in [6.07, 6.45) is 0.578. The molecule has 0 bridgehead atoms. The Labute approximate surface area is 88.7 Å². The SMILES string of the molecule is CC(=O)c1ccc(OCCCO)cc1N. The number of carbonyl (C=O) groups excluding carboxylic acids is 1. The lowest BCUT2D eigenvalue weighted by Crippen LogP contribution is -2.03. The Bertz CT molecular complexity index is 350. The van der Waals surface area contributed by atoms with E-state index in [1.165, 1.54) is 6.92 Å². The summed E-state index contributed by atoms with van der Waals surface area (Å²) < 4.78 is 5.31. The maximum atomic E-state index is 11.1. The van der Waals surface area contributed by atoms with E-state index >= 15 is 0 Å². The van der Waals surface area contributed by atoms with Crippen molar-refractivity contribution in [3.63, 3.8) is 0 Å². The maximum Gasteiger partial charge on any atom is 0.161 e. The summed E-state index contributed by atoms with van der Waals surface area (Å²) in [5.41, 5.74) is 6.60. The summed E-state index contributed by atoms with van der Waals surface area (Å²) in [5, 5.41) is 8.57. The molecule has 4 heteroatoms. The van der Waals surface area contributed by atoms with E-state index in [0.29, 0.717) is 30.0 Å². The van der Waals surface area contributed by atoms with Crippen LogP contribution in [0.2, 0.25) is 0 Å². The van der Waals surface area contributed by atoms with Crippen LogP contribution in [0.4, 0.5) is 5.69 Å². The molecule has 1 rings (SSSR count). The molecule has 0 aliphatic heterocycles. The average Bonchev–Trinajstić information content (AvgIpc) is 2.17. The van der Waals surface area contributed by atoms with Crippen molar-refractivity contribution in [1.82, 2.24) is 0 Å². The second kappa shape index (κ2) is 5.36. The Kier molecular flexibility index (Phi) is 4.12. The van der Waals surface area contributed by atoms with Crippen molar-refractivity contribution in [2.45, 2.75) is 13.3 Å². The minimum atomic E-state index is -0.0607. The molecule has 1 aromatic rings. The van der Waals surface area contributed by atoms with Gasteiger partial charge in [-0.3, -0.25) is 4.79 Å². The molecule has 0 unspecified atom stereocenters. The number of Topliss-reactive ketones (excluding diaryl/α,β-unsaturated/α-hetero) is 1. The molecule has 0 aliphatic carbocycles. The quantitative estimate of drug-likeness (QED) is 0.434. The van der Waals surface area contributed by atoms with Gasteiger partial charge >= 0.3 is 0 Å². The smallest absolute Gasteiger partial charge is 0.161 e. The number of hydrogen-bond acceptors (Lipinski definition) is 4. The van der Waals surface area contributed by atoms with Crippen LogP contribution in [0.15, 0.2) is 18.2 Å². The van der Waals surface area contributed by atoms with E-state index in [1.54, 1.807) is 18.2 Å². The van der Waals surface area contributed by atoms with Crippen molar-refractivity contribution in [2.24, 2.45) is 0 Å². The molecule has 0 atom stereocenters. The Balaban J connectivity index is 2.69. The summed E-state index contributed by atoms with van der Waals surface area (Å²) in [4.78, 5) is 11.1. The van der Waals surface area contributed by atoms with E-state index in [9.17, 15) is 4.79 Å². The minimum absolute atomic E-state index is 0.0607. The summed E-state index contributed by atoms with van der Waals surface area (Å²) >= 11 is 0. The fraction of sp³-hybridized carbons (Fsp3) is 0.364. The second-order valence-electron chi connectivity index (χ2n) is 3.23. The molecule has 0 spiro atoms. The summed E-state index contributed by atoms with van der Waals surface area (Å²) in [6.45, 7) is 2.01. The van der Waals surface area contributed by atoms with E-state index in [-0.39, 0.29) is 12.4 Å². The summed E-state index contributed by atoms with van der Waals surface area (Å²) in [5.74, 6) is 0.556. The van der Waals surface area contributed by atoms with Gasteiger partial charge in [-0.15, -0.1) is 0 Å². The van der Waals surface area contributed by atoms with E-state index < -0.39 is 0 Å². The molecule has 0 heterocycles. The van der Waals surface area contributed by atoms with Crippen LogP contribution in [0.25, 0.3) is 0 Å². The predicted molar refractivity (Wildman–Crippen MR) is 58.1 cm³/mol. The van der Waals surface area contributed by atoms with Gasteiger partial charge in [-0.25, -0.2) is 0 Å². The van der Waals surface area contributed by atoms with Crippen molar-refractivity contribution in [3.05, 3.63) is 23.8 Å². The van der Waals surface area contributed by atoms with Gasteiger partial charge in [0, 0.05) is 30.3 Å². The Hall–Kier alpha value is -1.55. The number of benzene rings is 1. The van der Waals surface area contributed by atoms with Crippen LogP contribution in [-0.4, -0.2) is 24.1 Å². The number of nitrogen functional groups attached to an aromatic ring is 1. The van der Waals surface area contributed by atoms with Gasteiger partial charge < -0.3 is 15.6 Å². The van der Waals surface area contributed by atoms with Crippen LogP contribution in [0.1, 0.15) is 23.7 Å². The van der Waals surface area contributed by atoms with Crippen LogP contribution < -0.4 is 10.5 Å². The molecular formula is C11H15NO3. The van der Waals surface area contributed by atoms with E-state index in [1.807, 2.05) is 0 Å². The highest BCUT2D eigenvalue weighted by atomic mass is 16.5. The third kappa shape index (κ3) is 3.25. The molecule has 0 saturated carbocycles.